The summed E-state index contributed by atoms with van der Waals surface area (Å²) in [4.78, 5) is 25.7. The standard InChI is InChI=1S/C21H18BrNO5S/c1-13-12-29(26,27)20-16(22)19(24)23(20)17(13)21(25)28-18(14-8-4-2-5-9-14)15-10-6-3-7-11-15/h2-11,16,18,20H,12H2,1H3/t16-,20+/m0/s1. The lowest BCUT2D eigenvalue weighted by Crippen LogP contribution is -2.67. The second-order valence-corrected chi connectivity index (χ2v) is 10.1. The molecule has 2 atom stereocenters. The molecule has 4 rings (SSSR count). The Balaban J connectivity index is 1.70. The minimum absolute atomic E-state index is 0.0161. The summed E-state index contributed by atoms with van der Waals surface area (Å²) in [7, 11) is -3.56. The predicted octanol–water partition coefficient (Wildman–Crippen LogP) is 2.95. The predicted molar refractivity (Wildman–Crippen MR) is 111 cm³/mol. The lowest BCUT2D eigenvalue weighted by molar-refractivity contribution is -0.151. The van der Waals surface area contributed by atoms with Crippen LogP contribution in [-0.4, -0.2) is 41.1 Å². The molecule has 0 saturated carbocycles. The molecular formula is C21H18BrNO5S. The van der Waals surface area contributed by atoms with Crippen LogP contribution in [0.25, 0.3) is 0 Å². The Morgan fingerprint density at radius 2 is 1.59 bits per heavy atom. The number of β-lactam (4-membered cyclic amide) rings is 1. The van der Waals surface area contributed by atoms with Crippen molar-refractivity contribution in [1.82, 2.24) is 4.90 Å². The Bertz CT molecular complexity index is 1060. The molecule has 8 heteroatoms. The fourth-order valence-corrected chi connectivity index (χ4v) is 7.06. The molecule has 0 spiro atoms. The number of benzene rings is 2. The maximum Gasteiger partial charge on any atom is 0.356 e. The van der Waals surface area contributed by atoms with E-state index in [1.807, 2.05) is 60.7 Å². The summed E-state index contributed by atoms with van der Waals surface area (Å²) in [6, 6.07) is 18.5. The fraction of sp³-hybridized carbons (Fsp3) is 0.238. The third kappa shape index (κ3) is 3.40. The number of halogens is 1. The normalized spacial score (nSPS) is 22.9. The Morgan fingerprint density at radius 1 is 1.07 bits per heavy atom. The topological polar surface area (TPSA) is 80.8 Å². The molecule has 0 bridgehead atoms. The van der Waals surface area contributed by atoms with Gasteiger partial charge in [0.25, 0.3) is 0 Å². The van der Waals surface area contributed by atoms with Crippen molar-refractivity contribution in [3.05, 3.63) is 83.1 Å². The van der Waals surface area contributed by atoms with Crippen LogP contribution in [0.3, 0.4) is 0 Å². The van der Waals surface area contributed by atoms with Crippen LogP contribution in [0.2, 0.25) is 0 Å². The summed E-state index contributed by atoms with van der Waals surface area (Å²) < 4.78 is 30.7. The van der Waals surface area contributed by atoms with Crippen LogP contribution in [0.4, 0.5) is 0 Å². The molecular weight excluding hydrogens is 458 g/mol. The van der Waals surface area contributed by atoms with E-state index >= 15 is 0 Å². The van der Waals surface area contributed by atoms with E-state index in [1.54, 1.807) is 6.92 Å². The van der Waals surface area contributed by atoms with Crippen molar-refractivity contribution in [1.29, 1.82) is 0 Å². The average molecular weight is 476 g/mol. The molecule has 2 heterocycles. The van der Waals surface area contributed by atoms with E-state index in [0.717, 1.165) is 16.0 Å². The van der Waals surface area contributed by atoms with Gasteiger partial charge in [-0.05, 0) is 23.6 Å². The zero-order valence-corrected chi connectivity index (χ0v) is 17.9. The number of nitrogens with zero attached hydrogens (tertiary/aromatic N) is 1. The number of fused-ring (bicyclic) bond motifs is 1. The summed E-state index contributed by atoms with van der Waals surface area (Å²) in [5.74, 6) is -1.46. The Morgan fingerprint density at radius 3 is 2.10 bits per heavy atom. The number of esters is 1. The van der Waals surface area contributed by atoms with E-state index in [2.05, 4.69) is 15.9 Å². The quantitative estimate of drug-likeness (QED) is 0.385. The van der Waals surface area contributed by atoms with Crippen LogP contribution >= 0.6 is 15.9 Å². The number of amides is 1. The van der Waals surface area contributed by atoms with Crippen molar-refractivity contribution in [2.45, 2.75) is 23.2 Å². The van der Waals surface area contributed by atoms with Crippen molar-refractivity contribution < 1.29 is 22.7 Å². The maximum atomic E-state index is 13.1. The molecule has 150 valence electrons. The highest BCUT2D eigenvalue weighted by atomic mass is 79.9. The number of alkyl halides is 1. The molecule has 1 fully saturated rings. The zero-order valence-electron chi connectivity index (χ0n) is 15.5. The lowest BCUT2D eigenvalue weighted by atomic mass is 10.0. The van der Waals surface area contributed by atoms with Gasteiger partial charge in [-0.1, -0.05) is 76.6 Å². The van der Waals surface area contributed by atoms with Gasteiger partial charge in [0.05, 0.1) is 5.75 Å². The van der Waals surface area contributed by atoms with Crippen LogP contribution in [0.15, 0.2) is 71.9 Å². The fourth-order valence-electron chi connectivity index (χ4n) is 3.69. The highest BCUT2D eigenvalue weighted by Crippen LogP contribution is 2.41. The second-order valence-electron chi connectivity index (χ2n) is 7.04. The third-order valence-electron chi connectivity index (χ3n) is 5.03. The van der Waals surface area contributed by atoms with Gasteiger partial charge in [-0.3, -0.25) is 9.69 Å². The molecule has 0 N–H and O–H groups in total. The molecule has 0 aromatic heterocycles. The monoisotopic (exact) mass is 475 g/mol. The van der Waals surface area contributed by atoms with E-state index in [9.17, 15) is 18.0 Å². The summed E-state index contributed by atoms with van der Waals surface area (Å²) in [6.45, 7) is 1.54. The first-order valence-corrected chi connectivity index (χ1v) is 11.6. The van der Waals surface area contributed by atoms with E-state index in [0.29, 0.717) is 5.57 Å². The molecule has 29 heavy (non-hydrogen) atoms. The Labute approximate surface area is 177 Å². The maximum absolute atomic E-state index is 13.1. The minimum Gasteiger partial charge on any atom is -0.448 e. The van der Waals surface area contributed by atoms with E-state index in [1.165, 1.54) is 0 Å². The van der Waals surface area contributed by atoms with Gasteiger partial charge in [0.15, 0.2) is 21.3 Å². The number of ether oxygens (including phenoxy) is 1. The summed E-state index contributed by atoms with van der Waals surface area (Å²) in [5, 5.41) is -1.08. The molecule has 0 aliphatic carbocycles. The molecule has 1 amide bonds. The number of sulfone groups is 1. The SMILES string of the molecule is CC1=C(C(=O)OC(c2ccccc2)c2ccccc2)N2C(=O)[C@H](Br)[C@H]2S(=O)(=O)C1. The van der Waals surface area contributed by atoms with E-state index in [-0.39, 0.29) is 11.4 Å². The Kier molecular flexibility index (Phi) is 5.08. The average Bonchev–Trinajstić information content (AvgIpc) is 2.71. The minimum atomic E-state index is -3.56. The van der Waals surface area contributed by atoms with Crippen LogP contribution < -0.4 is 0 Å². The largest absolute Gasteiger partial charge is 0.448 e. The van der Waals surface area contributed by atoms with Crippen molar-refractivity contribution in [2.75, 3.05) is 5.75 Å². The molecule has 1 saturated heterocycles. The van der Waals surface area contributed by atoms with Crippen LogP contribution in [-0.2, 0) is 24.2 Å². The molecule has 2 aromatic rings. The van der Waals surface area contributed by atoms with Crippen molar-refractivity contribution in [2.24, 2.45) is 0 Å². The van der Waals surface area contributed by atoms with Crippen LogP contribution in [0, 0.1) is 0 Å². The van der Waals surface area contributed by atoms with Gasteiger partial charge in [0.2, 0.25) is 5.91 Å². The number of carbonyl (C=O) groups is 2. The van der Waals surface area contributed by atoms with Gasteiger partial charge in [0.1, 0.15) is 10.5 Å². The summed E-state index contributed by atoms with van der Waals surface area (Å²) >= 11 is 3.12. The van der Waals surface area contributed by atoms with Gasteiger partial charge in [-0.15, -0.1) is 0 Å². The van der Waals surface area contributed by atoms with E-state index in [4.69, 9.17) is 4.74 Å². The second kappa shape index (κ2) is 7.42. The first kappa shape index (κ1) is 19.8. The van der Waals surface area contributed by atoms with Gasteiger partial charge in [-0.2, -0.15) is 0 Å². The van der Waals surface area contributed by atoms with Crippen LogP contribution in [0.5, 0.6) is 0 Å². The third-order valence-corrected chi connectivity index (χ3v) is 8.33. The first-order chi connectivity index (χ1) is 13.8. The van der Waals surface area contributed by atoms with Gasteiger partial charge < -0.3 is 4.74 Å². The summed E-state index contributed by atoms with van der Waals surface area (Å²) in [5.41, 5.74) is 1.87. The molecule has 0 unspecified atom stereocenters. The number of hydrogen-bond donors (Lipinski definition) is 0. The van der Waals surface area contributed by atoms with Crippen molar-refractivity contribution >= 4 is 37.6 Å². The molecule has 2 aliphatic heterocycles. The van der Waals surface area contributed by atoms with Gasteiger partial charge >= 0.3 is 5.97 Å². The van der Waals surface area contributed by atoms with Gasteiger partial charge in [0, 0.05) is 0 Å². The van der Waals surface area contributed by atoms with E-state index < -0.39 is 38.0 Å². The zero-order chi connectivity index (χ0) is 20.8. The highest BCUT2D eigenvalue weighted by molar-refractivity contribution is 9.10. The lowest BCUT2D eigenvalue weighted by Gasteiger charge is -2.47. The molecule has 2 aliphatic rings. The van der Waals surface area contributed by atoms with Crippen LogP contribution in [0.1, 0.15) is 24.2 Å². The molecule has 0 radical (unpaired) electrons. The van der Waals surface area contributed by atoms with Crippen molar-refractivity contribution in [3.8, 4) is 0 Å². The smallest absolute Gasteiger partial charge is 0.356 e. The van der Waals surface area contributed by atoms with Crippen molar-refractivity contribution in [3.63, 3.8) is 0 Å². The summed E-state index contributed by atoms with van der Waals surface area (Å²) in [6.07, 6.45) is -0.682. The number of rotatable bonds is 4. The van der Waals surface area contributed by atoms with Gasteiger partial charge in [-0.25, -0.2) is 13.2 Å². The first-order valence-electron chi connectivity index (χ1n) is 9.00. The molecule has 2 aromatic carbocycles. The molecule has 6 nitrogen and oxygen atoms in total. The number of hydrogen-bond acceptors (Lipinski definition) is 5. The highest BCUT2D eigenvalue weighted by Gasteiger charge is 2.58. The Hall–Kier alpha value is -2.45. The number of carbonyl (C=O) groups excluding carboxylic acids is 2.